The predicted molar refractivity (Wildman–Crippen MR) is 117 cm³/mol. The van der Waals surface area contributed by atoms with Gasteiger partial charge in [0.05, 0.1) is 16.9 Å². The number of pyridine rings is 1. The molecule has 0 spiro atoms. The monoisotopic (exact) mass is 413 g/mol. The van der Waals surface area contributed by atoms with Crippen LogP contribution in [0.3, 0.4) is 0 Å². The summed E-state index contributed by atoms with van der Waals surface area (Å²) < 4.78 is 1.75. The summed E-state index contributed by atoms with van der Waals surface area (Å²) in [6.45, 7) is 2.99. The maximum Gasteiger partial charge on any atom is 0.264 e. The molecule has 0 saturated carbocycles. The number of amides is 1. The van der Waals surface area contributed by atoms with Crippen molar-refractivity contribution in [2.24, 2.45) is 0 Å². The number of nitrogens with zero attached hydrogens (tertiary/aromatic N) is 5. The molecule has 6 nitrogen and oxygen atoms in total. The van der Waals surface area contributed by atoms with Crippen LogP contribution in [0.25, 0.3) is 16.6 Å². The second-order valence-corrected chi connectivity index (χ2v) is 8.22. The van der Waals surface area contributed by atoms with Gasteiger partial charge in [-0.25, -0.2) is 0 Å². The molecule has 2 aromatic carbocycles. The molecule has 148 valence electrons. The third-order valence-electron chi connectivity index (χ3n) is 5.09. The number of tetrazole rings is 1. The smallest absolute Gasteiger partial charge is 0.264 e. The molecule has 0 aliphatic heterocycles. The number of aryl methyl sites for hydroxylation is 1. The second-order valence-electron chi connectivity index (χ2n) is 7.27. The molecule has 0 bridgehead atoms. The van der Waals surface area contributed by atoms with Crippen LogP contribution in [-0.2, 0) is 13.1 Å². The van der Waals surface area contributed by atoms with E-state index in [1.165, 1.54) is 11.3 Å². The fourth-order valence-corrected chi connectivity index (χ4v) is 4.36. The van der Waals surface area contributed by atoms with Gasteiger partial charge in [-0.05, 0) is 52.6 Å². The highest BCUT2D eigenvalue weighted by Gasteiger charge is 2.20. The van der Waals surface area contributed by atoms with Crippen LogP contribution in [0, 0.1) is 6.92 Å². The quantitative estimate of drug-likeness (QED) is 0.426. The van der Waals surface area contributed by atoms with E-state index < -0.39 is 0 Å². The first-order valence-electron chi connectivity index (χ1n) is 9.66. The first-order valence-corrected chi connectivity index (χ1v) is 10.5. The van der Waals surface area contributed by atoms with Crippen molar-refractivity contribution >= 4 is 33.8 Å². The van der Waals surface area contributed by atoms with Crippen molar-refractivity contribution in [1.82, 2.24) is 24.9 Å². The second kappa shape index (κ2) is 7.68. The van der Waals surface area contributed by atoms with Gasteiger partial charge in [-0.2, -0.15) is 4.52 Å². The van der Waals surface area contributed by atoms with Crippen LogP contribution in [0.1, 0.15) is 26.4 Å². The van der Waals surface area contributed by atoms with Gasteiger partial charge in [0.2, 0.25) is 0 Å². The molecular weight excluding hydrogens is 394 g/mol. The number of benzene rings is 2. The molecule has 7 heteroatoms. The lowest BCUT2D eigenvalue weighted by Crippen LogP contribution is -2.29. The SMILES string of the molecule is Cc1ccc2c(c1)cc(CN(Cc1ccccc1)C(=O)c1cccs1)c1nnnn12. The van der Waals surface area contributed by atoms with Crippen LogP contribution < -0.4 is 0 Å². The highest BCUT2D eigenvalue weighted by molar-refractivity contribution is 7.12. The summed E-state index contributed by atoms with van der Waals surface area (Å²) in [6, 6.07) is 22.1. The van der Waals surface area contributed by atoms with Gasteiger partial charge in [0.25, 0.3) is 5.91 Å². The van der Waals surface area contributed by atoms with Gasteiger partial charge in [0.1, 0.15) is 0 Å². The molecule has 30 heavy (non-hydrogen) atoms. The first-order chi connectivity index (χ1) is 14.7. The van der Waals surface area contributed by atoms with Gasteiger partial charge in [0, 0.05) is 17.5 Å². The fourth-order valence-electron chi connectivity index (χ4n) is 3.67. The first kappa shape index (κ1) is 18.4. The van der Waals surface area contributed by atoms with Crippen molar-refractivity contribution in [2.75, 3.05) is 0 Å². The van der Waals surface area contributed by atoms with E-state index in [0.29, 0.717) is 18.7 Å². The number of carbonyl (C=O) groups is 1. The zero-order valence-electron chi connectivity index (χ0n) is 16.4. The molecule has 0 saturated heterocycles. The molecule has 0 atom stereocenters. The number of carbonyl (C=O) groups excluding carboxylic acids is 1. The normalized spacial score (nSPS) is 11.2. The highest BCUT2D eigenvalue weighted by Crippen LogP contribution is 2.24. The standard InChI is InChI=1S/C23H19N5OS/c1-16-9-10-20-18(12-16)13-19(22-24-25-26-28(20)22)15-27(14-17-6-3-2-4-7-17)23(29)21-8-5-11-30-21/h2-13H,14-15H2,1H3. The number of rotatable bonds is 5. The number of hydrogen-bond donors (Lipinski definition) is 0. The van der Waals surface area contributed by atoms with Crippen LogP contribution in [0.15, 0.2) is 72.1 Å². The molecule has 5 rings (SSSR count). The lowest BCUT2D eigenvalue weighted by atomic mass is 10.1. The zero-order chi connectivity index (χ0) is 20.5. The Balaban J connectivity index is 1.59. The van der Waals surface area contributed by atoms with E-state index in [2.05, 4.69) is 34.6 Å². The Morgan fingerprint density at radius 2 is 1.90 bits per heavy atom. The van der Waals surface area contributed by atoms with Crippen LogP contribution in [-0.4, -0.2) is 30.8 Å². The van der Waals surface area contributed by atoms with Crippen molar-refractivity contribution < 1.29 is 4.79 Å². The summed E-state index contributed by atoms with van der Waals surface area (Å²) in [7, 11) is 0. The molecule has 0 N–H and O–H groups in total. The molecule has 0 aliphatic carbocycles. The van der Waals surface area contributed by atoms with Crippen LogP contribution >= 0.6 is 11.3 Å². The zero-order valence-corrected chi connectivity index (χ0v) is 17.2. The molecular formula is C23H19N5OS. The number of aromatic nitrogens is 4. The molecule has 3 aromatic heterocycles. The topological polar surface area (TPSA) is 63.4 Å². The molecule has 3 heterocycles. The van der Waals surface area contributed by atoms with Crippen molar-refractivity contribution in [3.63, 3.8) is 0 Å². The number of fused-ring (bicyclic) bond motifs is 3. The highest BCUT2D eigenvalue weighted by atomic mass is 32.1. The van der Waals surface area contributed by atoms with Crippen molar-refractivity contribution in [3.8, 4) is 0 Å². The van der Waals surface area contributed by atoms with Gasteiger partial charge in [-0.3, -0.25) is 4.79 Å². The Labute approximate surface area is 177 Å². The van der Waals surface area contributed by atoms with E-state index in [9.17, 15) is 4.79 Å². The minimum Gasteiger partial charge on any atom is -0.329 e. The van der Waals surface area contributed by atoms with E-state index >= 15 is 0 Å². The largest absolute Gasteiger partial charge is 0.329 e. The van der Waals surface area contributed by atoms with Gasteiger partial charge in [0.15, 0.2) is 5.65 Å². The average molecular weight is 414 g/mol. The Morgan fingerprint density at radius 3 is 2.70 bits per heavy atom. The summed E-state index contributed by atoms with van der Waals surface area (Å²) in [4.78, 5) is 15.9. The molecule has 0 fully saturated rings. The van der Waals surface area contributed by atoms with Crippen LogP contribution in [0.4, 0.5) is 0 Å². The van der Waals surface area contributed by atoms with E-state index in [0.717, 1.165) is 32.5 Å². The summed E-state index contributed by atoms with van der Waals surface area (Å²) in [5, 5.41) is 15.3. The fraction of sp³-hybridized carbons (Fsp3) is 0.130. The van der Waals surface area contributed by atoms with E-state index in [-0.39, 0.29) is 5.91 Å². The lowest BCUT2D eigenvalue weighted by Gasteiger charge is -2.23. The minimum absolute atomic E-state index is 0.00353. The summed E-state index contributed by atoms with van der Waals surface area (Å²) in [5.74, 6) is 0.00353. The molecule has 0 aliphatic rings. The molecule has 0 unspecified atom stereocenters. The third-order valence-corrected chi connectivity index (χ3v) is 5.95. The van der Waals surface area contributed by atoms with Crippen molar-refractivity contribution in [3.05, 3.63) is 93.7 Å². The van der Waals surface area contributed by atoms with E-state index in [1.54, 1.807) is 4.52 Å². The van der Waals surface area contributed by atoms with E-state index in [1.807, 2.05) is 64.9 Å². The minimum atomic E-state index is 0.00353. The summed E-state index contributed by atoms with van der Waals surface area (Å²) in [5.41, 5.74) is 4.78. The molecule has 0 radical (unpaired) electrons. The Morgan fingerprint density at radius 1 is 1.03 bits per heavy atom. The van der Waals surface area contributed by atoms with Gasteiger partial charge in [-0.1, -0.05) is 48.0 Å². The third kappa shape index (κ3) is 3.44. The van der Waals surface area contributed by atoms with Crippen molar-refractivity contribution in [2.45, 2.75) is 20.0 Å². The predicted octanol–water partition coefficient (Wildman–Crippen LogP) is 4.49. The van der Waals surface area contributed by atoms with Crippen LogP contribution in [0.2, 0.25) is 0 Å². The van der Waals surface area contributed by atoms with Crippen molar-refractivity contribution in [1.29, 1.82) is 0 Å². The summed E-state index contributed by atoms with van der Waals surface area (Å²) >= 11 is 1.45. The lowest BCUT2D eigenvalue weighted by molar-refractivity contribution is 0.0735. The summed E-state index contributed by atoms with van der Waals surface area (Å²) in [6.07, 6.45) is 0. The average Bonchev–Trinajstić information content (AvgIpc) is 3.46. The Hall–Kier alpha value is -3.58. The molecule has 1 amide bonds. The maximum absolute atomic E-state index is 13.3. The van der Waals surface area contributed by atoms with Crippen LogP contribution in [0.5, 0.6) is 0 Å². The maximum atomic E-state index is 13.3. The number of hydrogen-bond acceptors (Lipinski definition) is 5. The Kier molecular flexibility index (Phi) is 4.72. The van der Waals surface area contributed by atoms with Gasteiger partial charge in [-0.15, -0.1) is 16.4 Å². The van der Waals surface area contributed by atoms with Gasteiger partial charge < -0.3 is 4.90 Å². The molecule has 5 aromatic rings. The Bertz CT molecular complexity index is 1330. The number of thiophene rings is 1. The van der Waals surface area contributed by atoms with Gasteiger partial charge >= 0.3 is 0 Å². The van der Waals surface area contributed by atoms with E-state index in [4.69, 9.17) is 0 Å².